The maximum atomic E-state index is 12.0. The summed E-state index contributed by atoms with van der Waals surface area (Å²) in [4.78, 5) is 23.8. The molecule has 25 heavy (non-hydrogen) atoms. The van der Waals surface area contributed by atoms with Gasteiger partial charge in [0.1, 0.15) is 0 Å². The van der Waals surface area contributed by atoms with Crippen molar-refractivity contribution in [2.75, 3.05) is 40.5 Å². The van der Waals surface area contributed by atoms with Gasteiger partial charge in [-0.2, -0.15) is 0 Å². The van der Waals surface area contributed by atoms with Gasteiger partial charge in [0.25, 0.3) is 0 Å². The standard InChI is InChI=1S/C18H26N2O5/c1-23-15-4-3-13(11-16(15)24-2)5-8-19-17(21)12-20-18(22)14-6-9-25-10-7-14/h3-4,11,14H,5-10,12H2,1-2H3,(H,19,21)(H,20,22). The first-order chi connectivity index (χ1) is 12.1. The van der Waals surface area contributed by atoms with Gasteiger partial charge in [-0.25, -0.2) is 0 Å². The fraction of sp³-hybridized carbons (Fsp3) is 0.556. The number of benzene rings is 1. The van der Waals surface area contributed by atoms with Crippen molar-refractivity contribution in [2.45, 2.75) is 19.3 Å². The Balaban J connectivity index is 1.69. The molecule has 2 N–H and O–H groups in total. The van der Waals surface area contributed by atoms with Gasteiger partial charge in [0.2, 0.25) is 11.8 Å². The van der Waals surface area contributed by atoms with Crippen molar-refractivity contribution in [3.8, 4) is 11.5 Å². The highest BCUT2D eigenvalue weighted by Gasteiger charge is 2.21. The van der Waals surface area contributed by atoms with E-state index in [4.69, 9.17) is 14.2 Å². The van der Waals surface area contributed by atoms with Crippen LogP contribution < -0.4 is 20.1 Å². The van der Waals surface area contributed by atoms with E-state index in [0.717, 1.165) is 5.56 Å². The molecule has 138 valence electrons. The molecule has 2 rings (SSSR count). The maximum Gasteiger partial charge on any atom is 0.239 e. The third-order valence-electron chi connectivity index (χ3n) is 4.20. The molecule has 0 saturated carbocycles. The van der Waals surface area contributed by atoms with Crippen molar-refractivity contribution in [1.82, 2.24) is 10.6 Å². The normalized spacial score (nSPS) is 14.6. The second kappa shape index (κ2) is 9.88. The van der Waals surface area contributed by atoms with Crippen LogP contribution in [0, 0.1) is 5.92 Å². The molecule has 2 amide bonds. The molecule has 0 unspecified atom stereocenters. The Kier molecular flexibility index (Phi) is 7.53. The topological polar surface area (TPSA) is 85.9 Å². The van der Waals surface area contributed by atoms with Crippen LogP contribution in [0.2, 0.25) is 0 Å². The Labute approximate surface area is 148 Å². The first-order valence-electron chi connectivity index (χ1n) is 8.47. The van der Waals surface area contributed by atoms with Crippen LogP contribution in [0.25, 0.3) is 0 Å². The van der Waals surface area contributed by atoms with Crippen molar-refractivity contribution in [1.29, 1.82) is 0 Å². The first kappa shape index (κ1) is 19.1. The highest BCUT2D eigenvalue weighted by molar-refractivity contribution is 5.85. The second-order valence-electron chi connectivity index (χ2n) is 5.89. The summed E-state index contributed by atoms with van der Waals surface area (Å²) in [5.41, 5.74) is 1.03. The Hall–Kier alpha value is -2.28. The number of nitrogens with one attached hydrogen (secondary N) is 2. The van der Waals surface area contributed by atoms with Crippen LogP contribution >= 0.6 is 0 Å². The molecule has 0 aromatic heterocycles. The quantitative estimate of drug-likeness (QED) is 0.728. The SMILES string of the molecule is COc1ccc(CCNC(=O)CNC(=O)C2CCOCC2)cc1OC. The summed E-state index contributed by atoms with van der Waals surface area (Å²) < 4.78 is 15.7. The first-order valence-corrected chi connectivity index (χ1v) is 8.47. The van der Waals surface area contributed by atoms with E-state index < -0.39 is 0 Å². The summed E-state index contributed by atoms with van der Waals surface area (Å²) in [6.07, 6.45) is 2.10. The third-order valence-corrected chi connectivity index (χ3v) is 4.20. The van der Waals surface area contributed by atoms with Crippen LogP contribution in [0.1, 0.15) is 18.4 Å². The van der Waals surface area contributed by atoms with Crippen molar-refractivity contribution < 1.29 is 23.8 Å². The largest absolute Gasteiger partial charge is 0.493 e. The van der Waals surface area contributed by atoms with E-state index in [1.54, 1.807) is 14.2 Å². The van der Waals surface area contributed by atoms with E-state index in [-0.39, 0.29) is 24.3 Å². The molecule has 7 heteroatoms. The number of rotatable bonds is 8. The molecule has 1 fully saturated rings. The van der Waals surface area contributed by atoms with Gasteiger partial charge in [0.05, 0.1) is 20.8 Å². The predicted molar refractivity (Wildman–Crippen MR) is 92.8 cm³/mol. The summed E-state index contributed by atoms with van der Waals surface area (Å²) in [7, 11) is 3.18. The molecule has 0 radical (unpaired) electrons. The van der Waals surface area contributed by atoms with Crippen LogP contribution in [0.3, 0.4) is 0 Å². The molecule has 1 heterocycles. The number of ether oxygens (including phenoxy) is 3. The molecule has 1 aromatic rings. The minimum atomic E-state index is -0.194. The van der Waals surface area contributed by atoms with E-state index >= 15 is 0 Å². The fourth-order valence-electron chi connectivity index (χ4n) is 2.72. The van der Waals surface area contributed by atoms with Crippen molar-refractivity contribution >= 4 is 11.8 Å². The van der Waals surface area contributed by atoms with E-state index in [0.29, 0.717) is 50.5 Å². The van der Waals surface area contributed by atoms with Gasteiger partial charge < -0.3 is 24.8 Å². The average molecular weight is 350 g/mol. The lowest BCUT2D eigenvalue weighted by Crippen LogP contribution is -2.41. The number of carbonyl (C=O) groups excluding carboxylic acids is 2. The van der Waals surface area contributed by atoms with E-state index in [1.807, 2.05) is 18.2 Å². The lowest BCUT2D eigenvalue weighted by molar-refractivity contribution is -0.130. The molecule has 1 aliphatic rings. The molecule has 0 bridgehead atoms. The molecule has 7 nitrogen and oxygen atoms in total. The van der Waals surface area contributed by atoms with Crippen LogP contribution in [0.5, 0.6) is 11.5 Å². The smallest absolute Gasteiger partial charge is 0.239 e. The second-order valence-corrected chi connectivity index (χ2v) is 5.89. The predicted octanol–water partition coefficient (Wildman–Crippen LogP) is 0.905. The summed E-state index contributed by atoms with van der Waals surface area (Å²) in [6.45, 7) is 1.70. The number of hydrogen-bond donors (Lipinski definition) is 2. The van der Waals surface area contributed by atoms with Gasteiger partial charge in [0, 0.05) is 25.7 Å². The zero-order chi connectivity index (χ0) is 18.1. The minimum Gasteiger partial charge on any atom is -0.493 e. The molecule has 0 atom stereocenters. The molecular weight excluding hydrogens is 324 g/mol. The number of carbonyl (C=O) groups is 2. The number of amides is 2. The molecule has 1 saturated heterocycles. The molecule has 1 aliphatic heterocycles. The zero-order valence-electron chi connectivity index (χ0n) is 14.8. The highest BCUT2D eigenvalue weighted by Crippen LogP contribution is 2.27. The van der Waals surface area contributed by atoms with Gasteiger partial charge in [0.15, 0.2) is 11.5 Å². The number of hydrogen-bond acceptors (Lipinski definition) is 5. The Bertz CT molecular complexity index is 585. The van der Waals surface area contributed by atoms with Gasteiger partial charge >= 0.3 is 0 Å². The van der Waals surface area contributed by atoms with Crippen molar-refractivity contribution in [3.63, 3.8) is 0 Å². The van der Waals surface area contributed by atoms with Gasteiger partial charge in [-0.1, -0.05) is 6.07 Å². The fourth-order valence-corrected chi connectivity index (χ4v) is 2.72. The Morgan fingerprint density at radius 1 is 1.12 bits per heavy atom. The lowest BCUT2D eigenvalue weighted by atomic mass is 9.99. The summed E-state index contributed by atoms with van der Waals surface area (Å²) in [5.74, 6) is 1.02. The van der Waals surface area contributed by atoms with Crippen molar-refractivity contribution in [3.05, 3.63) is 23.8 Å². The van der Waals surface area contributed by atoms with E-state index in [9.17, 15) is 9.59 Å². The third kappa shape index (κ3) is 5.94. The van der Waals surface area contributed by atoms with Crippen LogP contribution in [0.15, 0.2) is 18.2 Å². The monoisotopic (exact) mass is 350 g/mol. The van der Waals surface area contributed by atoms with Crippen LogP contribution in [-0.4, -0.2) is 52.3 Å². The lowest BCUT2D eigenvalue weighted by Gasteiger charge is -2.21. The van der Waals surface area contributed by atoms with Gasteiger partial charge in [-0.3, -0.25) is 9.59 Å². The van der Waals surface area contributed by atoms with E-state index in [1.165, 1.54) is 0 Å². The highest BCUT2D eigenvalue weighted by atomic mass is 16.5. The Morgan fingerprint density at radius 3 is 2.52 bits per heavy atom. The maximum absolute atomic E-state index is 12.0. The Morgan fingerprint density at radius 2 is 1.84 bits per heavy atom. The summed E-state index contributed by atoms with van der Waals surface area (Å²) in [6, 6.07) is 5.66. The number of methoxy groups -OCH3 is 2. The van der Waals surface area contributed by atoms with Gasteiger partial charge in [-0.05, 0) is 37.0 Å². The zero-order valence-corrected chi connectivity index (χ0v) is 14.8. The summed E-state index contributed by atoms with van der Waals surface area (Å²) in [5, 5.41) is 5.50. The molecule has 1 aromatic carbocycles. The van der Waals surface area contributed by atoms with Crippen LogP contribution in [-0.2, 0) is 20.7 Å². The minimum absolute atomic E-state index is 0.00211. The van der Waals surface area contributed by atoms with Crippen molar-refractivity contribution in [2.24, 2.45) is 5.92 Å². The van der Waals surface area contributed by atoms with Gasteiger partial charge in [-0.15, -0.1) is 0 Å². The van der Waals surface area contributed by atoms with E-state index in [2.05, 4.69) is 10.6 Å². The molecular formula is C18H26N2O5. The molecule has 0 spiro atoms. The average Bonchev–Trinajstić information content (AvgIpc) is 2.66. The summed E-state index contributed by atoms with van der Waals surface area (Å²) >= 11 is 0. The molecule has 0 aliphatic carbocycles. The van der Waals surface area contributed by atoms with Crippen LogP contribution in [0.4, 0.5) is 0 Å².